The van der Waals surface area contributed by atoms with Crippen molar-refractivity contribution in [1.82, 2.24) is 5.32 Å². The summed E-state index contributed by atoms with van der Waals surface area (Å²) in [5.74, 6) is -0.538. The van der Waals surface area contributed by atoms with E-state index < -0.39 is 18.2 Å². The third-order valence-electron chi connectivity index (χ3n) is 12.5. The van der Waals surface area contributed by atoms with Crippen molar-refractivity contribution in [2.24, 2.45) is 0 Å². The minimum Gasteiger partial charge on any atom is -0.462 e. The predicted molar refractivity (Wildman–Crippen MR) is 264 cm³/mol. The Labute approximate surface area is 380 Å². The summed E-state index contributed by atoms with van der Waals surface area (Å²) in [6, 6.07) is -0.707. The predicted octanol–water partition coefficient (Wildman–Crippen LogP) is 16.3. The van der Waals surface area contributed by atoms with Crippen molar-refractivity contribution >= 4 is 11.9 Å². The van der Waals surface area contributed by atoms with Gasteiger partial charge in [-0.15, -0.1) is 0 Å². The van der Waals surface area contributed by atoms with Crippen molar-refractivity contribution < 1.29 is 24.5 Å². The number of nitrogens with one attached hydrogen (secondary N) is 1. The molecule has 0 aromatic rings. The molecule has 1 amide bonds. The number of hydrogen-bond donors (Lipinski definition) is 3. The summed E-state index contributed by atoms with van der Waals surface area (Å²) >= 11 is 0. The molecule has 0 heterocycles. The number of aliphatic hydroxyl groups excluding tert-OH is 2. The maximum absolute atomic E-state index is 13.2. The number of aliphatic hydroxyl groups is 2. The van der Waals surface area contributed by atoms with E-state index >= 15 is 0 Å². The molecule has 360 valence electrons. The van der Waals surface area contributed by atoms with E-state index in [4.69, 9.17) is 4.74 Å². The standard InChI is InChI=1S/C55H105NO5/c1-4-7-10-13-16-19-22-25-26-27-30-31-34-37-40-43-46-51(61-55(60)48-45-42-39-36-33-29-24-21-18-15-12-9-6-3)49-54(59)56-52(50-57)53(58)47-44-41-38-35-32-28-23-20-17-14-11-8-5-2/h29,33,39,42,51-53,57-58H,4-28,30-32,34-38,40-41,43-50H2,1-3H3,(H,56,59)/b33-29-,42-39+. The van der Waals surface area contributed by atoms with Gasteiger partial charge in [-0.05, 0) is 44.9 Å². The maximum Gasteiger partial charge on any atom is 0.306 e. The van der Waals surface area contributed by atoms with Crippen LogP contribution in [-0.4, -0.2) is 46.9 Å². The largest absolute Gasteiger partial charge is 0.462 e. The van der Waals surface area contributed by atoms with Gasteiger partial charge in [0.25, 0.3) is 0 Å². The van der Waals surface area contributed by atoms with Gasteiger partial charge in [-0.3, -0.25) is 9.59 Å². The third kappa shape index (κ3) is 44.7. The van der Waals surface area contributed by atoms with E-state index in [1.807, 2.05) is 0 Å². The van der Waals surface area contributed by atoms with E-state index in [9.17, 15) is 19.8 Å². The van der Waals surface area contributed by atoms with Gasteiger partial charge >= 0.3 is 5.97 Å². The van der Waals surface area contributed by atoms with Crippen molar-refractivity contribution in [1.29, 1.82) is 0 Å². The van der Waals surface area contributed by atoms with Gasteiger partial charge in [-0.1, -0.05) is 257 Å². The van der Waals surface area contributed by atoms with E-state index in [0.29, 0.717) is 25.7 Å². The minimum atomic E-state index is -0.792. The molecule has 0 aromatic carbocycles. The first-order valence-electron chi connectivity index (χ1n) is 27.1. The highest BCUT2D eigenvalue weighted by Crippen LogP contribution is 2.18. The summed E-state index contributed by atoms with van der Waals surface area (Å²) < 4.78 is 5.91. The quantitative estimate of drug-likeness (QED) is 0.0322. The molecule has 0 spiro atoms. The summed E-state index contributed by atoms with van der Waals surface area (Å²) in [6.07, 6.45) is 56.8. The topological polar surface area (TPSA) is 95.9 Å². The van der Waals surface area contributed by atoms with Crippen LogP contribution >= 0.6 is 0 Å². The first-order valence-corrected chi connectivity index (χ1v) is 27.1. The lowest BCUT2D eigenvalue weighted by molar-refractivity contribution is -0.150. The molecule has 3 unspecified atom stereocenters. The van der Waals surface area contributed by atoms with Crippen LogP contribution in [-0.2, 0) is 14.3 Å². The number of carbonyl (C=O) groups is 2. The van der Waals surface area contributed by atoms with Gasteiger partial charge < -0.3 is 20.3 Å². The fourth-order valence-corrected chi connectivity index (χ4v) is 8.43. The van der Waals surface area contributed by atoms with E-state index in [2.05, 4.69) is 50.4 Å². The van der Waals surface area contributed by atoms with Gasteiger partial charge in [0.2, 0.25) is 5.91 Å². The minimum absolute atomic E-state index is 0.0612. The van der Waals surface area contributed by atoms with Crippen LogP contribution in [0.25, 0.3) is 0 Å². The van der Waals surface area contributed by atoms with Crippen LogP contribution in [0.5, 0.6) is 0 Å². The third-order valence-corrected chi connectivity index (χ3v) is 12.5. The van der Waals surface area contributed by atoms with E-state index in [1.54, 1.807) is 0 Å². The van der Waals surface area contributed by atoms with E-state index in [0.717, 1.165) is 44.9 Å². The number of esters is 1. The smallest absolute Gasteiger partial charge is 0.306 e. The highest BCUT2D eigenvalue weighted by molar-refractivity contribution is 5.77. The Morgan fingerprint density at radius 2 is 0.836 bits per heavy atom. The molecular formula is C55H105NO5. The molecule has 3 atom stereocenters. The summed E-state index contributed by atoms with van der Waals surface area (Å²) in [7, 11) is 0. The van der Waals surface area contributed by atoms with Crippen LogP contribution in [0.15, 0.2) is 24.3 Å². The summed E-state index contributed by atoms with van der Waals surface area (Å²) in [6.45, 7) is 6.49. The normalized spacial score (nSPS) is 13.3. The molecule has 0 rings (SSSR count). The second kappa shape index (κ2) is 49.4. The van der Waals surface area contributed by atoms with Crippen LogP contribution in [0.2, 0.25) is 0 Å². The van der Waals surface area contributed by atoms with Gasteiger partial charge in [-0.2, -0.15) is 0 Å². The first kappa shape index (κ1) is 59.3. The van der Waals surface area contributed by atoms with E-state index in [-0.39, 0.29) is 24.9 Å². The number of carbonyl (C=O) groups excluding carboxylic acids is 2. The molecular weight excluding hydrogens is 755 g/mol. The average Bonchev–Trinajstić information content (AvgIpc) is 3.25. The number of allylic oxidation sites excluding steroid dienone is 4. The highest BCUT2D eigenvalue weighted by Gasteiger charge is 2.24. The average molecular weight is 860 g/mol. The zero-order valence-corrected chi connectivity index (χ0v) is 41.1. The Balaban J connectivity index is 4.59. The molecule has 0 bridgehead atoms. The first-order chi connectivity index (χ1) is 30.0. The van der Waals surface area contributed by atoms with Crippen molar-refractivity contribution in [3.63, 3.8) is 0 Å². The van der Waals surface area contributed by atoms with Crippen LogP contribution in [0.3, 0.4) is 0 Å². The van der Waals surface area contributed by atoms with Crippen LogP contribution in [0, 0.1) is 0 Å². The lowest BCUT2D eigenvalue weighted by Gasteiger charge is -2.24. The summed E-state index contributed by atoms with van der Waals surface area (Å²) in [5.41, 5.74) is 0. The highest BCUT2D eigenvalue weighted by atomic mass is 16.5. The Bertz CT molecular complexity index is 966. The van der Waals surface area contributed by atoms with Gasteiger partial charge in [0.1, 0.15) is 6.10 Å². The molecule has 0 radical (unpaired) electrons. The van der Waals surface area contributed by atoms with Crippen LogP contribution in [0.1, 0.15) is 290 Å². The summed E-state index contributed by atoms with van der Waals surface area (Å²) in [5, 5.41) is 23.8. The van der Waals surface area contributed by atoms with Crippen molar-refractivity contribution in [3.05, 3.63) is 24.3 Å². The van der Waals surface area contributed by atoms with Gasteiger partial charge in [0.05, 0.1) is 25.2 Å². The molecule has 6 heteroatoms. The molecule has 0 aliphatic heterocycles. The lowest BCUT2D eigenvalue weighted by atomic mass is 10.0. The molecule has 3 N–H and O–H groups in total. The monoisotopic (exact) mass is 860 g/mol. The number of amides is 1. The Morgan fingerprint density at radius 1 is 0.475 bits per heavy atom. The Morgan fingerprint density at radius 3 is 1.25 bits per heavy atom. The van der Waals surface area contributed by atoms with Gasteiger partial charge in [0, 0.05) is 6.42 Å². The fourth-order valence-electron chi connectivity index (χ4n) is 8.43. The lowest BCUT2D eigenvalue weighted by Crippen LogP contribution is -2.46. The number of unbranched alkanes of at least 4 members (excludes halogenated alkanes) is 33. The molecule has 0 aromatic heterocycles. The molecule has 0 aliphatic carbocycles. The second-order valence-electron chi connectivity index (χ2n) is 18.6. The molecule has 61 heavy (non-hydrogen) atoms. The molecule has 0 fully saturated rings. The number of ether oxygens (including phenoxy) is 1. The number of hydrogen-bond acceptors (Lipinski definition) is 5. The molecule has 0 saturated heterocycles. The summed E-state index contributed by atoms with van der Waals surface area (Å²) in [4.78, 5) is 26.1. The molecule has 0 saturated carbocycles. The van der Waals surface area contributed by atoms with Gasteiger partial charge in [-0.25, -0.2) is 0 Å². The van der Waals surface area contributed by atoms with Crippen LogP contribution < -0.4 is 5.32 Å². The second-order valence-corrected chi connectivity index (χ2v) is 18.6. The van der Waals surface area contributed by atoms with Crippen molar-refractivity contribution in [2.45, 2.75) is 309 Å². The van der Waals surface area contributed by atoms with E-state index in [1.165, 1.54) is 193 Å². The maximum atomic E-state index is 13.2. The van der Waals surface area contributed by atoms with Crippen LogP contribution in [0.4, 0.5) is 0 Å². The Kier molecular flexibility index (Phi) is 48.0. The van der Waals surface area contributed by atoms with Crippen molar-refractivity contribution in [2.75, 3.05) is 6.61 Å². The number of rotatable bonds is 49. The SMILES string of the molecule is CCCCCCCC/C=C\C/C=C/CCC(=O)OC(CCCCCCCCCCCCCCCCCC)CC(=O)NC(CO)C(O)CCCCCCCCCCCCCCC. The van der Waals surface area contributed by atoms with Gasteiger partial charge in [0.15, 0.2) is 0 Å². The zero-order chi connectivity index (χ0) is 44.5. The molecule has 6 nitrogen and oxygen atoms in total. The fraction of sp³-hybridized carbons (Fsp3) is 0.891. The van der Waals surface area contributed by atoms with Crippen molar-refractivity contribution in [3.8, 4) is 0 Å². The Hall–Kier alpha value is -1.66. The zero-order valence-electron chi connectivity index (χ0n) is 41.1. The molecule has 0 aliphatic rings.